The first-order chi connectivity index (χ1) is 47.7. The second-order valence-electron chi connectivity index (χ2n) is 26.0. The summed E-state index contributed by atoms with van der Waals surface area (Å²) in [6, 6.07) is 0. The fraction of sp³-hybridized carbons (Fsp3) is 0.772. The van der Waals surface area contributed by atoms with Gasteiger partial charge in [0.05, 0.1) is 26.4 Å². The molecule has 98 heavy (non-hydrogen) atoms. The van der Waals surface area contributed by atoms with Gasteiger partial charge in [0.15, 0.2) is 12.2 Å². The Morgan fingerprint density at radius 3 is 0.847 bits per heavy atom. The molecule has 5 atom stereocenters. The first kappa shape index (κ1) is 94.2. The highest BCUT2D eigenvalue weighted by Crippen LogP contribution is 2.45. The van der Waals surface area contributed by atoms with E-state index in [0.29, 0.717) is 25.7 Å². The number of rotatable bonds is 73. The molecule has 0 aromatic rings. The van der Waals surface area contributed by atoms with Crippen molar-refractivity contribution in [1.29, 1.82) is 0 Å². The van der Waals surface area contributed by atoms with Crippen LogP contribution in [0.2, 0.25) is 0 Å². The zero-order valence-corrected chi connectivity index (χ0v) is 63.7. The van der Waals surface area contributed by atoms with Gasteiger partial charge < -0.3 is 33.8 Å². The minimum Gasteiger partial charge on any atom is -0.462 e. The summed E-state index contributed by atoms with van der Waals surface area (Å²) in [5.74, 6) is -2.22. The molecule has 0 rings (SSSR count). The van der Waals surface area contributed by atoms with Crippen LogP contribution in [0.5, 0.6) is 0 Å². The van der Waals surface area contributed by atoms with Crippen LogP contribution in [-0.4, -0.2) is 96.7 Å². The van der Waals surface area contributed by atoms with E-state index in [9.17, 15) is 43.2 Å². The molecule has 0 aromatic carbocycles. The lowest BCUT2D eigenvalue weighted by Crippen LogP contribution is -2.30. The van der Waals surface area contributed by atoms with Crippen molar-refractivity contribution < 1.29 is 80.2 Å². The molecule has 568 valence electrons. The van der Waals surface area contributed by atoms with Crippen molar-refractivity contribution in [1.82, 2.24) is 0 Å². The minimum absolute atomic E-state index is 0.0763. The average Bonchev–Trinajstić information content (AvgIpc) is 0.984. The van der Waals surface area contributed by atoms with Crippen LogP contribution >= 0.6 is 15.6 Å². The third-order valence-corrected chi connectivity index (χ3v) is 18.3. The van der Waals surface area contributed by atoms with E-state index in [2.05, 4.69) is 113 Å². The van der Waals surface area contributed by atoms with Crippen LogP contribution in [0.15, 0.2) is 85.1 Å². The van der Waals surface area contributed by atoms with Gasteiger partial charge in [0.1, 0.15) is 19.3 Å². The molecule has 0 bridgehead atoms. The third-order valence-electron chi connectivity index (χ3n) is 16.4. The number of aliphatic hydroxyl groups is 1. The minimum atomic E-state index is -4.98. The molecule has 3 N–H and O–H groups in total. The average molecular weight is 1420 g/mol. The summed E-state index contributed by atoms with van der Waals surface area (Å²) in [5.41, 5.74) is 0. The fourth-order valence-corrected chi connectivity index (χ4v) is 11.9. The van der Waals surface area contributed by atoms with Crippen LogP contribution in [0.3, 0.4) is 0 Å². The summed E-state index contributed by atoms with van der Waals surface area (Å²) in [4.78, 5) is 72.9. The second-order valence-corrected chi connectivity index (χ2v) is 28.9. The van der Waals surface area contributed by atoms with Crippen LogP contribution in [0.25, 0.3) is 0 Å². The maximum Gasteiger partial charge on any atom is 0.472 e. The lowest BCUT2D eigenvalue weighted by Gasteiger charge is -2.21. The molecule has 19 heteroatoms. The molecule has 0 aliphatic heterocycles. The number of esters is 4. The highest BCUT2D eigenvalue weighted by Gasteiger charge is 2.30. The van der Waals surface area contributed by atoms with Gasteiger partial charge in [-0.15, -0.1) is 0 Å². The van der Waals surface area contributed by atoms with Gasteiger partial charge in [-0.1, -0.05) is 260 Å². The molecule has 0 saturated heterocycles. The number of carbonyl (C=O) groups is 4. The van der Waals surface area contributed by atoms with Gasteiger partial charge in [-0.3, -0.25) is 37.3 Å². The molecular weight excluding hydrogens is 1280 g/mol. The summed E-state index contributed by atoms with van der Waals surface area (Å²) >= 11 is 0. The quantitative estimate of drug-likeness (QED) is 0.0128. The number of ether oxygens (including phenoxy) is 4. The summed E-state index contributed by atoms with van der Waals surface area (Å²) in [5, 5.41) is 10.6. The summed E-state index contributed by atoms with van der Waals surface area (Å²) < 4.78 is 68.5. The van der Waals surface area contributed by atoms with E-state index in [4.69, 9.17) is 37.0 Å². The summed E-state index contributed by atoms with van der Waals surface area (Å²) in [7, 11) is -9.96. The van der Waals surface area contributed by atoms with Crippen molar-refractivity contribution in [3.05, 3.63) is 85.1 Å². The van der Waals surface area contributed by atoms with Crippen LogP contribution in [0, 0.1) is 0 Å². The molecule has 0 heterocycles. The zero-order chi connectivity index (χ0) is 71.8. The molecule has 0 spiro atoms. The number of allylic oxidation sites excluding steroid dienone is 14. The van der Waals surface area contributed by atoms with Gasteiger partial charge in [0, 0.05) is 25.7 Å². The second kappa shape index (κ2) is 71.6. The third kappa shape index (κ3) is 70.7. The lowest BCUT2D eigenvalue weighted by molar-refractivity contribution is -0.161. The van der Waals surface area contributed by atoms with E-state index in [1.54, 1.807) is 0 Å². The van der Waals surface area contributed by atoms with Crippen LogP contribution in [0.4, 0.5) is 0 Å². The highest BCUT2D eigenvalue weighted by molar-refractivity contribution is 7.47. The number of hydrogen-bond donors (Lipinski definition) is 3. The van der Waals surface area contributed by atoms with Crippen LogP contribution in [0.1, 0.15) is 336 Å². The fourth-order valence-electron chi connectivity index (χ4n) is 10.3. The Labute approximate surface area is 595 Å². The molecule has 0 aliphatic carbocycles. The van der Waals surface area contributed by atoms with Gasteiger partial charge in [0.25, 0.3) is 0 Å². The lowest BCUT2D eigenvalue weighted by atomic mass is 10.1. The van der Waals surface area contributed by atoms with Gasteiger partial charge in [-0.05, 0) is 135 Å². The Hall–Kier alpha value is -3.76. The van der Waals surface area contributed by atoms with Gasteiger partial charge in [0.2, 0.25) is 0 Å². The van der Waals surface area contributed by atoms with Crippen LogP contribution in [-0.2, 0) is 65.4 Å². The van der Waals surface area contributed by atoms with Crippen molar-refractivity contribution in [2.24, 2.45) is 0 Å². The zero-order valence-electron chi connectivity index (χ0n) is 62.0. The van der Waals surface area contributed by atoms with Crippen LogP contribution < -0.4 is 0 Å². The predicted molar refractivity (Wildman–Crippen MR) is 399 cm³/mol. The largest absolute Gasteiger partial charge is 0.472 e. The maximum absolute atomic E-state index is 13.1. The standard InChI is InChI=1S/C79H140O17P2/c1-5-9-13-17-21-25-29-33-36-40-43-47-51-55-59-63-76(81)89-69-74(95-78(83)65-61-57-53-49-45-39-32-28-24-20-16-12-8-4)71-93-97(85,86)91-67-73(80)68-92-98(87,88)94-72-75(96-79(84)66-62-58-54-50-46-42-38-35-31-27-23-19-15-11-7-3)70-90-77(82)64-60-56-52-48-44-41-37-34-30-26-22-18-14-10-6-2/h23,25-30,32-38,73-75,80H,5-22,24,31,39-72H2,1-4H3,(H,85,86)(H,87,88)/b27-23-,29-25-,30-26-,32-28-,36-33-,37-34-,38-35-/t73-,74-,75-/m1/s1. The smallest absolute Gasteiger partial charge is 0.462 e. The molecule has 0 saturated carbocycles. The Bertz CT molecular complexity index is 2190. The van der Waals surface area contributed by atoms with Crippen molar-refractivity contribution >= 4 is 39.5 Å². The molecule has 2 unspecified atom stereocenters. The number of phosphoric acid groups is 2. The normalized spacial score (nSPS) is 14.4. The van der Waals surface area contributed by atoms with E-state index in [1.165, 1.54) is 96.3 Å². The molecule has 0 aromatic heterocycles. The summed E-state index contributed by atoms with van der Waals surface area (Å²) in [6.45, 7) is 4.76. The molecular formula is C79H140O17P2. The van der Waals surface area contributed by atoms with Crippen molar-refractivity contribution in [2.75, 3.05) is 39.6 Å². The number of aliphatic hydroxyl groups excluding tert-OH is 1. The van der Waals surface area contributed by atoms with Crippen molar-refractivity contribution in [3.63, 3.8) is 0 Å². The first-order valence-electron chi connectivity index (χ1n) is 38.9. The van der Waals surface area contributed by atoms with Gasteiger partial charge in [-0.2, -0.15) is 0 Å². The van der Waals surface area contributed by atoms with E-state index in [0.717, 1.165) is 161 Å². The van der Waals surface area contributed by atoms with E-state index >= 15 is 0 Å². The highest BCUT2D eigenvalue weighted by atomic mass is 31.2. The molecule has 0 fully saturated rings. The molecule has 0 amide bonds. The first-order valence-corrected chi connectivity index (χ1v) is 41.9. The molecule has 17 nitrogen and oxygen atoms in total. The van der Waals surface area contributed by atoms with Crippen molar-refractivity contribution in [3.8, 4) is 0 Å². The SMILES string of the molecule is CCCCC/C=C\C/C=C\CCCCCCCC(=O)O[C@H](COC(=O)CCCCCCC/C=C\C=C/CCCCCC)COP(=O)(O)OC[C@H](O)COP(=O)(O)OC[C@@H](COC(=O)CCCCCCC/C=C\C=C/CCCCCC)OC(=O)CCCCCCC/C=C\CCCCCC. The molecule has 0 radical (unpaired) electrons. The number of unbranched alkanes of at least 4 members (excludes halogenated alkanes) is 35. The van der Waals surface area contributed by atoms with Gasteiger partial charge >= 0.3 is 39.5 Å². The Kier molecular flexibility index (Phi) is 68.9. The number of carbonyl (C=O) groups excluding carboxylic acids is 4. The summed E-state index contributed by atoms with van der Waals surface area (Å²) in [6.07, 6.45) is 72.7. The van der Waals surface area contributed by atoms with Crippen molar-refractivity contribution in [2.45, 2.75) is 354 Å². The Morgan fingerprint density at radius 2 is 0.531 bits per heavy atom. The Balaban J connectivity index is 5.38. The topological polar surface area (TPSA) is 237 Å². The van der Waals surface area contributed by atoms with E-state index in [-0.39, 0.29) is 25.7 Å². The Morgan fingerprint density at radius 1 is 0.296 bits per heavy atom. The number of phosphoric ester groups is 2. The number of hydrogen-bond acceptors (Lipinski definition) is 15. The van der Waals surface area contributed by atoms with E-state index < -0.39 is 97.5 Å². The molecule has 0 aliphatic rings. The monoisotopic (exact) mass is 1420 g/mol. The van der Waals surface area contributed by atoms with E-state index in [1.807, 2.05) is 0 Å². The predicted octanol–water partition coefficient (Wildman–Crippen LogP) is 22.2. The van der Waals surface area contributed by atoms with Gasteiger partial charge in [-0.25, -0.2) is 9.13 Å². The maximum atomic E-state index is 13.1.